The van der Waals surface area contributed by atoms with Crippen LogP contribution >= 0.6 is 0 Å². The zero-order valence-corrected chi connectivity index (χ0v) is 25.0. The molecule has 14 heteroatoms. The predicted octanol–water partition coefficient (Wildman–Crippen LogP) is 2.00. The van der Waals surface area contributed by atoms with Crippen LogP contribution in [0.4, 0.5) is 18.9 Å². The van der Waals surface area contributed by atoms with Gasteiger partial charge in [0.1, 0.15) is 5.78 Å². The number of ketones is 1. The molecule has 4 unspecified atom stereocenters. The van der Waals surface area contributed by atoms with Crippen LogP contribution in [0.2, 0.25) is 0 Å². The minimum Gasteiger partial charge on any atom is -0.352 e. The number of nitrogens with one attached hydrogen (secondary N) is 4. The molecule has 4 atom stereocenters. The number of aromatic nitrogens is 1. The molecule has 45 heavy (non-hydrogen) atoms. The molecule has 11 nitrogen and oxygen atoms in total. The summed E-state index contributed by atoms with van der Waals surface area (Å²) in [6.07, 6.45) is -0.841. The lowest BCUT2D eigenvalue weighted by atomic mass is 9.87. The van der Waals surface area contributed by atoms with Crippen LogP contribution in [0.1, 0.15) is 37.3 Å². The SMILES string of the molecule is CC(Cc1ccc(C(F)(F)F)cc1)NC(=O)C(N)CC(=O)C1CC(CN)NNC(CN)C1.O=CNc1cnc2ccccc2c1. The van der Waals surface area contributed by atoms with E-state index in [1.54, 1.807) is 13.1 Å². The molecule has 2 amide bonds. The highest BCUT2D eigenvalue weighted by Crippen LogP contribution is 2.29. The topological polar surface area (TPSA) is 190 Å². The van der Waals surface area contributed by atoms with Gasteiger partial charge >= 0.3 is 6.18 Å². The second-order valence-corrected chi connectivity index (χ2v) is 11.1. The first-order valence-electron chi connectivity index (χ1n) is 14.6. The van der Waals surface area contributed by atoms with Crippen molar-refractivity contribution in [3.63, 3.8) is 0 Å². The summed E-state index contributed by atoms with van der Waals surface area (Å²) in [6.45, 7) is 2.43. The smallest absolute Gasteiger partial charge is 0.352 e. The number of Topliss-reactive ketones (excluding diaryl/α,β-unsaturated/α-hetero) is 1. The summed E-state index contributed by atoms with van der Waals surface area (Å²) in [7, 11) is 0. The number of carbonyl (C=O) groups is 3. The lowest BCUT2D eigenvalue weighted by Gasteiger charge is -2.21. The highest BCUT2D eigenvalue weighted by Gasteiger charge is 2.31. The maximum absolute atomic E-state index is 12.8. The number of halogens is 3. The lowest BCUT2D eigenvalue weighted by molar-refractivity contribution is -0.137. The van der Waals surface area contributed by atoms with Gasteiger partial charge in [0.05, 0.1) is 29.0 Å². The van der Waals surface area contributed by atoms with Gasteiger partial charge in [-0.05, 0) is 56.0 Å². The van der Waals surface area contributed by atoms with Crippen molar-refractivity contribution in [3.8, 4) is 0 Å². The van der Waals surface area contributed by atoms with Gasteiger partial charge in [-0.1, -0.05) is 30.3 Å². The minimum atomic E-state index is -4.39. The van der Waals surface area contributed by atoms with E-state index in [9.17, 15) is 27.6 Å². The molecule has 0 bridgehead atoms. The molecule has 0 radical (unpaired) electrons. The van der Waals surface area contributed by atoms with Crippen LogP contribution in [0.5, 0.6) is 0 Å². The van der Waals surface area contributed by atoms with E-state index >= 15 is 0 Å². The van der Waals surface area contributed by atoms with Crippen molar-refractivity contribution in [2.75, 3.05) is 18.4 Å². The molecule has 1 fully saturated rings. The number of fused-ring (bicyclic) bond motifs is 1. The second-order valence-electron chi connectivity index (χ2n) is 11.1. The monoisotopic (exact) mass is 630 g/mol. The average molecular weight is 631 g/mol. The van der Waals surface area contributed by atoms with Gasteiger partial charge < -0.3 is 27.8 Å². The number of hydrogen-bond acceptors (Lipinski definition) is 9. The third-order valence-corrected chi connectivity index (χ3v) is 7.44. The summed E-state index contributed by atoms with van der Waals surface area (Å²) in [6, 6.07) is 12.9. The molecule has 2 aromatic carbocycles. The Hall–Kier alpha value is -3.95. The number of amides is 2. The molecule has 10 N–H and O–H groups in total. The van der Waals surface area contributed by atoms with Crippen molar-refractivity contribution < 1.29 is 27.6 Å². The molecule has 4 rings (SSSR count). The molecule has 3 aromatic rings. The summed E-state index contributed by atoms with van der Waals surface area (Å²) in [4.78, 5) is 39.6. The van der Waals surface area contributed by atoms with E-state index in [1.165, 1.54) is 12.1 Å². The summed E-state index contributed by atoms with van der Waals surface area (Å²) < 4.78 is 38.0. The van der Waals surface area contributed by atoms with Gasteiger partial charge in [-0.3, -0.25) is 30.2 Å². The van der Waals surface area contributed by atoms with Crippen LogP contribution < -0.4 is 38.7 Å². The zero-order valence-electron chi connectivity index (χ0n) is 25.0. The first-order chi connectivity index (χ1) is 21.4. The molecule has 0 saturated carbocycles. The van der Waals surface area contributed by atoms with Crippen LogP contribution in [-0.4, -0.2) is 60.3 Å². The van der Waals surface area contributed by atoms with Gasteiger partial charge in [0.2, 0.25) is 12.3 Å². The number of hydrazine groups is 1. The largest absolute Gasteiger partial charge is 0.416 e. The van der Waals surface area contributed by atoms with Crippen molar-refractivity contribution in [1.29, 1.82) is 0 Å². The van der Waals surface area contributed by atoms with E-state index < -0.39 is 23.7 Å². The zero-order chi connectivity index (χ0) is 33.0. The van der Waals surface area contributed by atoms with Gasteiger partial charge in [-0.25, -0.2) is 0 Å². The molecular weight excluding hydrogens is 589 g/mol. The number of para-hydroxylation sites is 1. The van der Waals surface area contributed by atoms with Gasteiger partial charge in [0.25, 0.3) is 0 Å². The fraction of sp³-hybridized carbons (Fsp3) is 0.419. The summed E-state index contributed by atoms with van der Waals surface area (Å²) in [5.74, 6) is -0.915. The molecule has 0 spiro atoms. The third-order valence-electron chi connectivity index (χ3n) is 7.44. The van der Waals surface area contributed by atoms with Crippen LogP contribution in [-0.2, 0) is 27.0 Å². The van der Waals surface area contributed by atoms with Crippen LogP contribution in [0.25, 0.3) is 10.9 Å². The van der Waals surface area contributed by atoms with E-state index in [1.807, 2.05) is 30.3 Å². The molecule has 244 valence electrons. The number of alkyl halides is 3. The molecule has 0 aliphatic carbocycles. The highest BCUT2D eigenvalue weighted by molar-refractivity contribution is 5.90. The van der Waals surface area contributed by atoms with Crippen molar-refractivity contribution in [3.05, 3.63) is 71.9 Å². The van der Waals surface area contributed by atoms with Gasteiger partial charge in [-0.15, -0.1) is 0 Å². The first kappa shape index (κ1) is 35.5. The Kier molecular flexibility index (Phi) is 13.4. The Labute approximate surface area is 259 Å². The maximum atomic E-state index is 12.8. The highest BCUT2D eigenvalue weighted by atomic mass is 19.4. The minimum absolute atomic E-state index is 0.0886. The summed E-state index contributed by atoms with van der Waals surface area (Å²) >= 11 is 0. The third kappa shape index (κ3) is 11.2. The van der Waals surface area contributed by atoms with Gasteiger partial charge in [-0.2, -0.15) is 13.2 Å². The number of anilines is 1. The fourth-order valence-electron chi connectivity index (χ4n) is 4.99. The number of benzene rings is 2. The second kappa shape index (κ2) is 16.9. The van der Waals surface area contributed by atoms with Gasteiger partial charge in [0, 0.05) is 48.9 Å². The van der Waals surface area contributed by atoms with Crippen LogP contribution in [0.15, 0.2) is 60.8 Å². The number of nitrogens with two attached hydrogens (primary N) is 3. The van der Waals surface area contributed by atoms with Crippen molar-refractivity contribution in [2.24, 2.45) is 23.1 Å². The quantitative estimate of drug-likeness (QED) is 0.155. The Morgan fingerprint density at radius 3 is 2.24 bits per heavy atom. The van der Waals surface area contributed by atoms with Crippen LogP contribution in [0.3, 0.4) is 0 Å². The Morgan fingerprint density at radius 2 is 1.67 bits per heavy atom. The lowest BCUT2D eigenvalue weighted by Crippen LogP contribution is -2.49. The predicted molar refractivity (Wildman–Crippen MR) is 166 cm³/mol. The maximum Gasteiger partial charge on any atom is 0.416 e. The van der Waals surface area contributed by atoms with Crippen LogP contribution in [0, 0.1) is 5.92 Å². The van der Waals surface area contributed by atoms with E-state index in [-0.39, 0.29) is 36.2 Å². The molecule has 1 aromatic heterocycles. The van der Waals surface area contributed by atoms with E-state index in [0.717, 1.165) is 23.0 Å². The molecule has 1 saturated heterocycles. The van der Waals surface area contributed by atoms with E-state index in [2.05, 4.69) is 26.5 Å². The molecule has 1 aliphatic rings. The average Bonchev–Trinajstić information content (AvgIpc) is 3.24. The van der Waals surface area contributed by atoms with Crippen molar-refractivity contribution in [2.45, 2.75) is 63.0 Å². The number of nitrogens with zero attached hydrogens (tertiary/aromatic N) is 1. The Balaban J connectivity index is 0.000000350. The Morgan fingerprint density at radius 1 is 1.04 bits per heavy atom. The van der Waals surface area contributed by atoms with E-state index in [4.69, 9.17) is 17.2 Å². The fourth-order valence-corrected chi connectivity index (χ4v) is 4.99. The Bertz CT molecular complexity index is 1390. The van der Waals surface area contributed by atoms with Gasteiger partial charge in [0.15, 0.2) is 0 Å². The van der Waals surface area contributed by atoms with Crippen molar-refractivity contribution >= 4 is 34.7 Å². The normalized spacial score (nSPS) is 19.8. The molecule has 1 aliphatic heterocycles. The standard InChI is InChI=1S/C21H33F3N6O2.C10H8N2O/c1-12(6-13-2-4-15(5-3-13)21(22,23)24)28-20(32)18(27)9-19(31)14-7-16(10-25)29-30-17(8-14)11-26;13-7-12-9-5-8-3-1-2-4-10(8)11-6-9/h2-5,12,14,16-18,29-30H,6-11,25-27H2,1H3,(H,28,32);1-7H,(H,12,13). The first-order valence-corrected chi connectivity index (χ1v) is 14.6. The summed E-state index contributed by atoms with van der Waals surface area (Å²) in [5.41, 5.74) is 25.1. The van der Waals surface area contributed by atoms with Crippen molar-refractivity contribution in [1.82, 2.24) is 21.2 Å². The molecule has 2 heterocycles. The van der Waals surface area contributed by atoms with E-state index in [0.29, 0.717) is 50.0 Å². The summed E-state index contributed by atoms with van der Waals surface area (Å²) in [5, 5.41) is 6.31. The number of pyridine rings is 1. The number of rotatable bonds is 11. The number of hydrogen-bond donors (Lipinski definition) is 7. The molecular formula is C31H41F3N8O3. The number of carbonyl (C=O) groups excluding carboxylic acids is 3.